The highest BCUT2D eigenvalue weighted by molar-refractivity contribution is 7.65. The zero-order chi connectivity index (χ0) is 19.4. The maximum absolute atomic E-state index is 13.4. The van der Waals surface area contributed by atoms with Crippen LogP contribution in [0.5, 0.6) is 0 Å². The van der Waals surface area contributed by atoms with Crippen LogP contribution in [0.15, 0.2) is 0 Å². The Morgan fingerprint density at radius 1 is 1.04 bits per heavy atom. The van der Waals surface area contributed by atoms with E-state index in [-0.39, 0.29) is 12.3 Å². The van der Waals surface area contributed by atoms with Crippen molar-refractivity contribution in [3.8, 4) is 0 Å². The standard InChI is InChI=1S/C13H15Cl3F6O2Si/c1-6(23)24-11(12(17,18)19,13(20,21)22)5-8-2-7-3-9(8)10(4-7)25(14,15)16/h7-10H,2-5H2,1H3. The first kappa shape index (κ1) is 21.4. The van der Waals surface area contributed by atoms with Crippen LogP contribution in [0.2, 0.25) is 5.54 Å². The van der Waals surface area contributed by atoms with Crippen LogP contribution in [0, 0.1) is 17.8 Å². The minimum atomic E-state index is -5.80. The lowest BCUT2D eigenvalue weighted by molar-refractivity contribution is -0.374. The van der Waals surface area contributed by atoms with Gasteiger partial charge in [0.15, 0.2) is 0 Å². The first-order valence-electron chi connectivity index (χ1n) is 7.48. The normalized spacial score (nSPS) is 30.6. The Morgan fingerprint density at radius 2 is 1.56 bits per heavy atom. The van der Waals surface area contributed by atoms with E-state index in [1.54, 1.807) is 0 Å². The maximum Gasteiger partial charge on any atom is 0.437 e. The number of carbonyl (C=O) groups is 1. The highest BCUT2D eigenvalue weighted by atomic mass is 35.8. The Hall–Kier alpha value is 0.137. The zero-order valence-electron chi connectivity index (χ0n) is 12.9. The third-order valence-corrected chi connectivity index (χ3v) is 9.18. The maximum atomic E-state index is 13.4. The molecule has 4 atom stereocenters. The second kappa shape index (κ2) is 6.63. The quantitative estimate of drug-likeness (QED) is 0.231. The van der Waals surface area contributed by atoms with Gasteiger partial charge >= 0.3 is 29.9 Å². The molecule has 0 saturated heterocycles. The van der Waals surface area contributed by atoms with E-state index in [2.05, 4.69) is 4.74 Å². The van der Waals surface area contributed by atoms with Gasteiger partial charge in [-0.05, 0) is 42.6 Å². The van der Waals surface area contributed by atoms with Gasteiger partial charge in [-0.15, -0.1) is 33.2 Å². The van der Waals surface area contributed by atoms with Crippen molar-refractivity contribution in [2.24, 2.45) is 17.8 Å². The van der Waals surface area contributed by atoms with Gasteiger partial charge in [0.1, 0.15) is 0 Å². The Balaban J connectivity index is 2.36. The topological polar surface area (TPSA) is 26.3 Å². The van der Waals surface area contributed by atoms with Crippen molar-refractivity contribution in [3.05, 3.63) is 0 Å². The van der Waals surface area contributed by atoms with E-state index in [1.165, 1.54) is 0 Å². The minimum Gasteiger partial charge on any atom is -0.440 e. The number of carbonyl (C=O) groups excluding carboxylic acids is 1. The number of rotatable bonds is 4. The van der Waals surface area contributed by atoms with Gasteiger partial charge in [-0.2, -0.15) is 26.3 Å². The molecule has 2 nitrogen and oxygen atoms in total. The molecular weight excluding hydrogens is 437 g/mol. The van der Waals surface area contributed by atoms with Gasteiger partial charge in [0.2, 0.25) is 0 Å². The monoisotopic (exact) mass is 450 g/mol. The molecule has 0 heterocycles. The molecule has 2 aliphatic rings. The first-order chi connectivity index (χ1) is 11.1. The molecule has 0 aliphatic heterocycles. The lowest BCUT2D eigenvalue weighted by atomic mass is 9.79. The first-order valence-corrected chi connectivity index (χ1v) is 12.6. The summed E-state index contributed by atoms with van der Waals surface area (Å²) in [5.41, 5.74) is -5.03. The summed E-state index contributed by atoms with van der Waals surface area (Å²) in [6, 6.07) is -3.27. The third-order valence-electron chi connectivity index (χ3n) is 5.16. The van der Waals surface area contributed by atoms with E-state index in [1.807, 2.05) is 0 Å². The molecule has 0 amide bonds. The van der Waals surface area contributed by atoms with Gasteiger partial charge in [-0.3, -0.25) is 4.79 Å². The van der Waals surface area contributed by atoms with Crippen LogP contribution < -0.4 is 0 Å². The molecule has 0 aromatic heterocycles. The molecule has 4 unspecified atom stereocenters. The molecule has 0 aromatic carbocycles. The largest absolute Gasteiger partial charge is 0.440 e. The summed E-state index contributed by atoms with van der Waals surface area (Å²) in [4.78, 5) is 11.0. The number of halogens is 9. The fourth-order valence-electron chi connectivity index (χ4n) is 4.27. The third kappa shape index (κ3) is 4.04. The molecule has 2 bridgehead atoms. The van der Waals surface area contributed by atoms with Crippen LogP contribution in [0.25, 0.3) is 0 Å². The molecule has 2 aliphatic carbocycles. The molecule has 0 radical (unpaired) electrons. The fourth-order valence-corrected chi connectivity index (χ4v) is 8.02. The number of fused-ring (bicyclic) bond motifs is 2. The highest BCUT2D eigenvalue weighted by Crippen LogP contribution is 2.63. The Labute approximate surface area is 155 Å². The molecule has 146 valence electrons. The summed E-state index contributed by atoms with van der Waals surface area (Å²) in [6.45, 7) is 0.518. The van der Waals surface area contributed by atoms with Gasteiger partial charge in [-0.1, -0.05) is 0 Å². The van der Waals surface area contributed by atoms with Crippen molar-refractivity contribution in [2.45, 2.75) is 56.1 Å². The Morgan fingerprint density at radius 3 is 1.92 bits per heavy atom. The van der Waals surface area contributed by atoms with Crippen molar-refractivity contribution in [1.29, 1.82) is 0 Å². The van der Waals surface area contributed by atoms with Crippen LogP contribution in [-0.2, 0) is 9.53 Å². The van der Waals surface area contributed by atoms with E-state index < -0.39 is 53.7 Å². The van der Waals surface area contributed by atoms with Gasteiger partial charge in [-0.25, -0.2) is 0 Å². The van der Waals surface area contributed by atoms with Crippen LogP contribution in [-0.4, -0.2) is 29.9 Å². The van der Waals surface area contributed by atoms with Gasteiger partial charge in [0, 0.05) is 13.3 Å². The molecule has 0 spiro atoms. The van der Waals surface area contributed by atoms with E-state index in [0.29, 0.717) is 19.8 Å². The summed E-state index contributed by atoms with van der Waals surface area (Å²) < 4.78 is 84.2. The lowest BCUT2D eigenvalue weighted by Gasteiger charge is -2.41. The summed E-state index contributed by atoms with van der Waals surface area (Å²) in [6.07, 6.45) is -11.9. The molecule has 25 heavy (non-hydrogen) atoms. The molecule has 0 aromatic rings. The average Bonchev–Trinajstić information content (AvgIpc) is 2.93. The zero-order valence-corrected chi connectivity index (χ0v) is 16.1. The van der Waals surface area contributed by atoms with Crippen molar-refractivity contribution >= 4 is 45.2 Å². The van der Waals surface area contributed by atoms with Crippen LogP contribution in [0.1, 0.15) is 32.6 Å². The predicted molar refractivity (Wildman–Crippen MR) is 82.6 cm³/mol. The molecule has 2 rings (SSSR count). The highest BCUT2D eigenvalue weighted by Gasteiger charge is 2.75. The molecule has 2 fully saturated rings. The van der Waals surface area contributed by atoms with Crippen LogP contribution in [0.3, 0.4) is 0 Å². The van der Waals surface area contributed by atoms with Crippen molar-refractivity contribution in [1.82, 2.24) is 0 Å². The number of alkyl halides is 6. The Kier molecular flexibility index (Phi) is 5.69. The smallest absolute Gasteiger partial charge is 0.437 e. The summed E-state index contributed by atoms with van der Waals surface area (Å²) in [7, 11) is 0. The summed E-state index contributed by atoms with van der Waals surface area (Å²) in [5, 5.41) is 0. The SMILES string of the molecule is CC(=O)OC(CC1CC2CC1C([Si](Cl)(Cl)Cl)C2)(C(F)(F)F)C(F)(F)F. The fraction of sp³-hybridized carbons (Fsp3) is 0.923. The molecule has 12 heteroatoms. The van der Waals surface area contributed by atoms with Gasteiger partial charge in [0.25, 0.3) is 0 Å². The van der Waals surface area contributed by atoms with Crippen LogP contribution in [0.4, 0.5) is 26.3 Å². The second-order valence-electron chi connectivity index (χ2n) is 6.77. The van der Waals surface area contributed by atoms with Crippen molar-refractivity contribution in [3.63, 3.8) is 0 Å². The lowest BCUT2D eigenvalue weighted by Crippen LogP contribution is -2.60. The number of esters is 1. The number of hydrogen-bond acceptors (Lipinski definition) is 2. The molecule has 2 saturated carbocycles. The van der Waals surface area contributed by atoms with E-state index in [9.17, 15) is 31.1 Å². The molecular formula is C13H15Cl3F6O2Si. The van der Waals surface area contributed by atoms with E-state index in [0.717, 1.165) is 0 Å². The van der Waals surface area contributed by atoms with Crippen molar-refractivity contribution in [2.75, 3.05) is 0 Å². The minimum absolute atomic E-state index is 0.0698. The Bertz CT molecular complexity index is 519. The number of hydrogen-bond donors (Lipinski definition) is 0. The van der Waals surface area contributed by atoms with Gasteiger partial charge in [0.05, 0.1) is 0 Å². The van der Waals surface area contributed by atoms with Gasteiger partial charge < -0.3 is 4.74 Å². The van der Waals surface area contributed by atoms with E-state index >= 15 is 0 Å². The number of ether oxygens (including phenoxy) is 1. The summed E-state index contributed by atoms with van der Waals surface area (Å²) >= 11 is 17.9. The predicted octanol–water partition coefficient (Wildman–Crippen LogP) is 5.87. The average molecular weight is 452 g/mol. The van der Waals surface area contributed by atoms with Crippen LogP contribution >= 0.6 is 33.2 Å². The summed E-state index contributed by atoms with van der Waals surface area (Å²) in [5.74, 6) is -3.23. The van der Waals surface area contributed by atoms with Crippen molar-refractivity contribution < 1.29 is 35.9 Å². The molecule has 0 N–H and O–H groups in total. The van der Waals surface area contributed by atoms with E-state index in [4.69, 9.17) is 33.2 Å². The second-order valence-corrected chi connectivity index (χ2v) is 15.7.